The van der Waals surface area contributed by atoms with E-state index in [0.29, 0.717) is 40.6 Å². The summed E-state index contributed by atoms with van der Waals surface area (Å²) < 4.78 is 53.9. The van der Waals surface area contributed by atoms with Gasteiger partial charge in [0.15, 0.2) is 0 Å². The number of carbonyl (C=O) groups is 1. The molecule has 0 radical (unpaired) electrons. The van der Waals surface area contributed by atoms with Gasteiger partial charge < -0.3 is 14.8 Å². The third-order valence-corrected chi connectivity index (χ3v) is 7.70. The maximum absolute atomic E-state index is 13.9. The second-order valence-corrected chi connectivity index (χ2v) is 10.5. The molecule has 1 amide bonds. The van der Waals surface area contributed by atoms with Gasteiger partial charge in [-0.2, -0.15) is 13.2 Å². The fourth-order valence-corrected chi connectivity index (χ4v) is 5.41. The van der Waals surface area contributed by atoms with Crippen molar-refractivity contribution < 1.29 is 27.4 Å². The predicted molar refractivity (Wildman–Crippen MR) is 152 cm³/mol. The first-order valence-corrected chi connectivity index (χ1v) is 13.8. The van der Waals surface area contributed by atoms with Crippen molar-refractivity contribution in [1.29, 1.82) is 0 Å². The molecule has 42 heavy (non-hydrogen) atoms. The van der Waals surface area contributed by atoms with Crippen molar-refractivity contribution in [2.45, 2.75) is 51.6 Å². The van der Waals surface area contributed by atoms with E-state index in [4.69, 9.17) is 9.47 Å². The minimum Gasteiger partial charge on any atom is -0.495 e. The highest BCUT2D eigenvalue weighted by molar-refractivity contribution is 6.05. The smallest absolute Gasteiger partial charge is 0.416 e. The summed E-state index contributed by atoms with van der Waals surface area (Å²) in [6.45, 7) is 1.86. The largest absolute Gasteiger partial charge is 0.495 e. The van der Waals surface area contributed by atoms with Crippen molar-refractivity contribution >= 4 is 11.6 Å². The number of ether oxygens (including phenoxy) is 2. The molecule has 0 unspecified atom stereocenters. The first kappa shape index (κ1) is 29.1. The molecular weight excluding hydrogens is 547 g/mol. The van der Waals surface area contributed by atoms with Crippen LogP contribution in [0.2, 0.25) is 0 Å². The van der Waals surface area contributed by atoms with E-state index in [-0.39, 0.29) is 17.0 Å². The molecule has 2 aromatic carbocycles. The van der Waals surface area contributed by atoms with Gasteiger partial charge in [-0.3, -0.25) is 9.78 Å². The standard InChI is InChI=1S/C31H32F3N5O3/c1-19-8-10-22(14-28(19)39-18-27(37-38-39)23-13-25(41-2)17-35-16-23)30(40)36-26-15-24(31(32,33)34)12-21(29(26)42-3)11-9-20-6-4-5-7-20/h8,10,12-18,20H,4-7,9,11H2,1-3H3,(H,36,40). The van der Waals surface area contributed by atoms with Crippen molar-refractivity contribution in [3.05, 3.63) is 77.2 Å². The number of benzene rings is 2. The Morgan fingerprint density at radius 3 is 2.57 bits per heavy atom. The van der Waals surface area contributed by atoms with Crippen LogP contribution in [-0.2, 0) is 12.6 Å². The van der Waals surface area contributed by atoms with E-state index < -0.39 is 17.6 Å². The van der Waals surface area contributed by atoms with E-state index in [1.165, 1.54) is 11.8 Å². The maximum Gasteiger partial charge on any atom is 0.416 e. The lowest BCUT2D eigenvalue weighted by atomic mass is 9.96. The highest BCUT2D eigenvalue weighted by atomic mass is 19.4. The average Bonchev–Trinajstić information content (AvgIpc) is 3.68. The van der Waals surface area contributed by atoms with Gasteiger partial charge in [0.2, 0.25) is 0 Å². The topological polar surface area (TPSA) is 91.2 Å². The van der Waals surface area contributed by atoms with E-state index in [1.807, 2.05) is 6.92 Å². The number of nitrogens with one attached hydrogen (secondary N) is 1. The van der Waals surface area contributed by atoms with Crippen molar-refractivity contribution in [2.24, 2.45) is 5.92 Å². The number of pyridine rings is 1. The van der Waals surface area contributed by atoms with Crippen LogP contribution < -0.4 is 14.8 Å². The zero-order chi connectivity index (χ0) is 29.9. The molecule has 2 heterocycles. The molecule has 1 fully saturated rings. The number of hydrogen-bond acceptors (Lipinski definition) is 6. The van der Waals surface area contributed by atoms with Crippen molar-refractivity contribution in [3.63, 3.8) is 0 Å². The molecule has 2 aromatic heterocycles. The number of amides is 1. The van der Waals surface area contributed by atoms with Gasteiger partial charge in [-0.25, -0.2) is 4.68 Å². The number of nitrogens with zero attached hydrogens (tertiary/aromatic N) is 4. The SMILES string of the molecule is COc1cncc(-c2cn(-c3cc(C(=O)Nc4cc(C(F)(F)F)cc(CCC5CCCC5)c4OC)ccc3C)nn2)c1. The van der Waals surface area contributed by atoms with E-state index in [9.17, 15) is 18.0 Å². The number of rotatable bonds is 9. The van der Waals surface area contributed by atoms with Crippen LogP contribution in [0.1, 0.15) is 59.2 Å². The molecule has 4 aromatic rings. The molecule has 0 spiro atoms. The Bertz CT molecular complexity index is 1580. The molecule has 5 rings (SSSR count). The van der Waals surface area contributed by atoms with Crippen LogP contribution in [0.15, 0.2) is 55.0 Å². The van der Waals surface area contributed by atoms with Gasteiger partial charge in [0.25, 0.3) is 5.91 Å². The molecule has 1 N–H and O–H groups in total. The molecule has 11 heteroatoms. The first-order chi connectivity index (χ1) is 20.2. The molecule has 0 saturated heterocycles. The van der Waals surface area contributed by atoms with Crippen LogP contribution in [0, 0.1) is 12.8 Å². The Labute approximate surface area is 241 Å². The molecule has 8 nitrogen and oxygen atoms in total. The molecule has 0 aliphatic heterocycles. The monoisotopic (exact) mass is 579 g/mol. The van der Waals surface area contributed by atoms with E-state index >= 15 is 0 Å². The summed E-state index contributed by atoms with van der Waals surface area (Å²) in [7, 11) is 2.95. The minimum atomic E-state index is -4.58. The summed E-state index contributed by atoms with van der Waals surface area (Å²) >= 11 is 0. The zero-order valence-corrected chi connectivity index (χ0v) is 23.7. The van der Waals surface area contributed by atoms with Gasteiger partial charge in [-0.1, -0.05) is 37.0 Å². The molecule has 1 aliphatic carbocycles. The number of methoxy groups -OCH3 is 2. The van der Waals surface area contributed by atoms with Gasteiger partial charge in [0, 0.05) is 17.3 Å². The van der Waals surface area contributed by atoms with Gasteiger partial charge >= 0.3 is 6.18 Å². The molecular formula is C31H32F3N5O3. The second-order valence-electron chi connectivity index (χ2n) is 10.5. The summed E-state index contributed by atoms with van der Waals surface area (Å²) in [5.74, 6) is 0.733. The Morgan fingerprint density at radius 1 is 1.07 bits per heavy atom. The van der Waals surface area contributed by atoms with E-state index in [2.05, 4.69) is 20.6 Å². The van der Waals surface area contributed by atoms with Gasteiger partial charge in [0.05, 0.1) is 43.6 Å². The molecule has 220 valence electrons. The highest BCUT2D eigenvalue weighted by Gasteiger charge is 2.33. The van der Waals surface area contributed by atoms with E-state index in [0.717, 1.165) is 49.8 Å². The number of hydrogen-bond donors (Lipinski definition) is 1. The second kappa shape index (κ2) is 12.2. The number of anilines is 1. The first-order valence-electron chi connectivity index (χ1n) is 13.8. The van der Waals surface area contributed by atoms with Crippen LogP contribution in [0.3, 0.4) is 0 Å². The number of aryl methyl sites for hydroxylation is 2. The van der Waals surface area contributed by atoms with E-state index in [1.54, 1.807) is 50.0 Å². The highest BCUT2D eigenvalue weighted by Crippen LogP contribution is 2.40. The minimum absolute atomic E-state index is 0.0190. The summed E-state index contributed by atoms with van der Waals surface area (Å²) in [5, 5.41) is 11.1. The lowest BCUT2D eigenvalue weighted by Crippen LogP contribution is -2.16. The fourth-order valence-electron chi connectivity index (χ4n) is 5.41. The van der Waals surface area contributed by atoms with Gasteiger partial charge in [-0.15, -0.1) is 5.10 Å². The van der Waals surface area contributed by atoms with Crippen molar-refractivity contribution in [2.75, 3.05) is 19.5 Å². The summed E-state index contributed by atoms with van der Waals surface area (Å²) in [6, 6.07) is 8.81. The maximum atomic E-state index is 13.9. The molecule has 0 bridgehead atoms. The number of halogens is 3. The quantitative estimate of drug-likeness (QED) is 0.229. The third-order valence-electron chi connectivity index (χ3n) is 7.70. The summed E-state index contributed by atoms with van der Waals surface area (Å²) in [5.41, 5.74) is 2.48. The number of aromatic nitrogens is 4. The van der Waals surface area contributed by atoms with Crippen LogP contribution >= 0.6 is 0 Å². The summed E-state index contributed by atoms with van der Waals surface area (Å²) in [4.78, 5) is 17.5. The molecule has 1 saturated carbocycles. The number of carbonyl (C=O) groups excluding carboxylic acids is 1. The van der Waals surface area contributed by atoms with Crippen molar-refractivity contribution in [1.82, 2.24) is 20.0 Å². The van der Waals surface area contributed by atoms with Gasteiger partial charge in [-0.05, 0) is 67.1 Å². The Hall–Kier alpha value is -4.41. The summed E-state index contributed by atoms with van der Waals surface area (Å²) in [6.07, 6.45) is 6.04. The Morgan fingerprint density at radius 2 is 1.86 bits per heavy atom. The fraction of sp³-hybridized carbons (Fsp3) is 0.355. The zero-order valence-electron chi connectivity index (χ0n) is 23.7. The third kappa shape index (κ3) is 6.40. The predicted octanol–water partition coefficient (Wildman–Crippen LogP) is 7.05. The Kier molecular flexibility index (Phi) is 8.46. The molecule has 1 aliphatic rings. The van der Waals surface area contributed by atoms with Crippen LogP contribution in [0.25, 0.3) is 16.9 Å². The van der Waals surface area contributed by atoms with Crippen molar-refractivity contribution in [3.8, 4) is 28.4 Å². The lowest BCUT2D eigenvalue weighted by Gasteiger charge is -2.19. The average molecular weight is 580 g/mol. The van der Waals surface area contributed by atoms with Crippen LogP contribution in [0.4, 0.5) is 18.9 Å². The van der Waals surface area contributed by atoms with Crippen LogP contribution in [0.5, 0.6) is 11.5 Å². The molecule has 0 atom stereocenters. The van der Waals surface area contributed by atoms with Gasteiger partial charge in [0.1, 0.15) is 17.2 Å². The normalized spacial score (nSPS) is 13.8. The Balaban J connectivity index is 1.43. The van der Waals surface area contributed by atoms with Crippen LogP contribution in [-0.4, -0.2) is 40.1 Å². The number of alkyl halides is 3. The lowest BCUT2D eigenvalue weighted by molar-refractivity contribution is -0.137.